The van der Waals surface area contributed by atoms with E-state index in [1.807, 2.05) is 13.8 Å². The minimum atomic E-state index is -3.27. The Morgan fingerprint density at radius 2 is 1.91 bits per heavy atom. The highest BCUT2D eigenvalue weighted by Gasteiger charge is 2.29. The lowest BCUT2D eigenvalue weighted by atomic mass is 9.92. The number of aliphatic hydroxyl groups is 1. The minimum Gasteiger partial charge on any atom is -0.459 e. The predicted molar refractivity (Wildman–Crippen MR) is 170 cm³/mol. The second kappa shape index (κ2) is 14.4. The molecule has 1 saturated heterocycles. The first kappa shape index (κ1) is 33.8. The van der Waals surface area contributed by atoms with Gasteiger partial charge in [0.2, 0.25) is 6.41 Å². The molecule has 44 heavy (non-hydrogen) atoms. The van der Waals surface area contributed by atoms with Gasteiger partial charge in [-0.3, -0.25) is 10.1 Å². The number of nitrogens with one attached hydrogen (secondary N) is 3. The molecule has 2 aliphatic heterocycles. The first-order valence-corrected chi connectivity index (χ1v) is 17.3. The van der Waals surface area contributed by atoms with Crippen molar-refractivity contribution in [2.75, 3.05) is 60.3 Å². The highest BCUT2D eigenvalue weighted by atomic mass is 32.2. The van der Waals surface area contributed by atoms with Crippen LogP contribution in [-0.2, 0) is 30.5 Å². The molecule has 0 spiro atoms. The maximum Gasteiger partial charge on any atom is 0.325 e. The summed E-state index contributed by atoms with van der Waals surface area (Å²) in [6.45, 7) is 11.4. The van der Waals surface area contributed by atoms with Crippen LogP contribution in [-0.4, -0.2) is 97.3 Å². The first-order chi connectivity index (χ1) is 20.7. The van der Waals surface area contributed by atoms with E-state index >= 15 is 0 Å². The number of nitrogens with zero attached hydrogens (tertiary/aromatic N) is 4. The van der Waals surface area contributed by atoms with Gasteiger partial charge in [0.15, 0.2) is 0 Å². The second-order valence-corrected chi connectivity index (χ2v) is 14.8. The van der Waals surface area contributed by atoms with Gasteiger partial charge in [-0.2, -0.15) is 0 Å². The molecule has 2 aliphatic rings. The van der Waals surface area contributed by atoms with Crippen molar-refractivity contribution in [3.63, 3.8) is 0 Å². The number of aromatic nitrogens is 3. The summed E-state index contributed by atoms with van der Waals surface area (Å²) in [4.78, 5) is 29.6. The zero-order chi connectivity index (χ0) is 32.1. The lowest BCUT2D eigenvalue weighted by Crippen LogP contribution is -2.50. The summed E-state index contributed by atoms with van der Waals surface area (Å²) >= 11 is 0. The van der Waals surface area contributed by atoms with Crippen molar-refractivity contribution in [3.8, 4) is 0 Å². The molecule has 4 N–H and O–H groups in total. The smallest absolute Gasteiger partial charge is 0.325 e. The molecule has 0 radical (unpaired) electrons. The lowest BCUT2D eigenvalue weighted by molar-refractivity contribution is -0.165. The van der Waals surface area contributed by atoms with Crippen LogP contribution in [0.4, 0.5) is 17.5 Å². The topological polar surface area (TPSA) is 168 Å². The van der Waals surface area contributed by atoms with Crippen LogP contribution < -0.4 is 20.9 Å². The zero-order valence-corrected chi connectivity index (χ0v) is 27.5. The summed E-state index contributed by atoms with van der Waals surface area (Å²) in [6, 6.07) is 3.37. The summed E-state index contributed by atoms with van der Waals surface area (Å²) < 4.78 is 33.5. The van der Waals surface area contributed by atoms with Crippen LogP contribution in [0.15, 0.2) is 12.1 Å². The zero-order valence-electron chi connectivity index (χ0n) is 26.6. The molecule has 13 nitrogen and oxygen atoms in total. The monoisotopic (exact) mass is 633 g/mol. The van der Waals surface area contributed by atoms with Crippen molar-refractivity contribution >= 4 is 33.3 Å². The Hall–Kier alpha value is -3.07. The quantitative estimate of drug-likeness (QED) is 0.199. The Labute approximate surface area is 260 Å². The van der Waals surface area contributed by atoms with Gasteiger partial charge in [0.05, 0.1) is 12.4 Å². The van der Waals surface area contributed by atoms with Gasteiger partial charge < -0.3 is 30.1 Å². The molecule has 0 amide bonds. The summed E-state index contributed by atoms with van der Waals surface area (Å²) in [6.07, 6.45) is 3.63. The third-order valence-electron chi connectivity index (χ3n) is 7.60. The Bertz CT molecular complexity index is 1410. The molecule has 2 aromatic rings. The van der Waals surface area contributed by atoms with Gasteiger partial charge >= 0.3 is 5.97 Å². The fraction of sp³-hybridized carbons (Fsp3) is 0.667. The van der Waals surface area contributed by atoms with Crippen molar-refractivity contribution in [1.29, 1.82) is 0 Å². The molecule has 1 fully saturated rings. The molecule has 0 bridgehead atoms. The van der Waals surface area contributed by atoms with Gasteiger partial charge in [-0.25, -0.2) is 23.4 Å². The number of hydrogen-bond donors (Lipinski definition) is 4. The lowest BCUT2D eigenvalue weighted by Gasteiger charge is -2.34. The van der Waals surface area contributed by atoms with E-state index in [1.54, 1.807) is 20.8 Å². The minimum absolute atomic E-state index is 0.0260. The molecule has 14 heteroatoms. The molecule has 4 rings (SSSR count). The third-order valence-corrected chi connectivity index (χ3v) is 8.51. The predicted octanol–water partition coefficient (Wildman–Crippen LogP) is 2.28. The number of carbonyl (C=O) groups excluding carboxylic acids is 1. The molecule has 2 aromatic heterocycles. The van der Waals surface area contributed by atoms with E-state index in [9.17, 15) is 18.3 Å². The van der Waals surface area contributed by atoms with Crippen molar-refractivity contribution in [2.45, 2.75) is 84.3 Å². The average molecular weight is 634 g/mol. The molecule has 1 unspecified atom stereocenters. The Morgan fingerprint density at radius 3 is 2.59 bits per heavy atom. The number of pyridine rings is 1. The van der Waals surface area contributed by atoms with Crippen molar-refractivity contribution < 1.29 is 27.8 Å². The van der Waals surface area contributed by atoms with E-state index in [1.165, 1.54) is 5.56 Å². The summed E-state index contributed by atoms with van der Waals surface area (Å²) in [5.74, 6) is 2.54. The van der Waals surface area contributed by atoms with Crippen LogP contribution in [0.2, 0.25) is 0 Å². The number of ether oxygens (including phenoxy) is 2. The molecule has 244 valence electrons. The number of aliphatic hydroxyl groups excluding tert-OH is 1. The van der Waals surface area contributed by atoms with Crippen LogP contribution in [0, 0.1) is 13.8 Å². The third kappa shape index (κ3) is 9.71. The van der Waals surface area contributed by atoms with Gasteiger partial charge in [-0.1, -0.05) is 6.07 Å². The Morgan fingerprint density at radius 1 is 1.18 bits per heavy atom. The fourth-order valence-electron chi connectivity index (χ4n) is 5.36. The van der Waals surface area contributed by atoms with Crippen LogP contribution in [0.25, 0.3) is 0 Å². The number of anilines is 3. The standard InChI is InChI=1S/C30H47N7O6S/c1-19-25(32-18-24(28(38)43-30(3,4)5)36-29(39)42-16-17-44(6,40)41)33-20(2)34-27(19)37-14-11-21(12-15-37)23-10-9-22-8-7-13-31-26(22)35-23/h9-10,21,24,29,36,39H,7-8,11-18H2,1-6H3,(H,31,35)(H,32,33,34)/t24-,29?/m0/s1. The van der Waals surface area contributed by atoms with Crippen LogP contribution >= 0.6 is 0 Å². The normalized spacial score (nSPS) is 17.4. The Balaban J connectivity index is 1.41. The largest absolute Gasteiger partial charge is 0.459 e. The number of fused-ring (bicyclic) bond motifs is 1. The van der Waals surface area contributed by atoms with Gasteiger partial charge in [0, 0.05) is 49.6 Å². The average Bonchev–Trinajstić information content (AvgIpc) is 2.95. The van der Waals surface area contributed by atoms with Crippen LogP contribution in [0.3, 0.4) is 0 Å². The maximum absolute atomic E-state index is 13.0. The van der Waals surface area contributed by atoms with Crippen molar-refractivity contribution in [1.82, 2.24) is 20.3 Å². The van der Waals surface area contributed by atoms with Gasteiger partial charge in [0.1, 0.15) is 44.8 Å². The number of aryl methyl sites for hydroxylation is 2. The van der Waals surface area contributed by atoms with Crippen LogP contribution in [0.1, 0.15) is 68.6 Å². The number of carbonyl (C=O) groups is 1. The SMILES string of the molecule is Cc1nc(NC[C@H](NC(O)OCCS(C)(=O)=O)C(=O)OC(C)(C)C)c(C)c(N2CCC(c3ccc4c(n3)NCCC4)CC2)n1. The van der Waals surface area contributed by atoms with Crippen molar-refractivity contribution in [3.05, 3.63) is 34.8 Å². The highest BCUT2D eigenvalue weighted by Crippen LogP contribution is 2.33. The molecule has 0 saturated carbocycles. The van der Waals surface area contributed by atoms with E-state index in [-0.39, 0.29) is 18.9 Å². The molecule has 0 aromatic carbocycles. The van der Waals surface area contributed by atoms with E-state index in [0.29, 0.717) is 17.6 Å². The highest BCUT2D eigenvalue weighted by molar-refractivity contribution is 7.90. The van der Waals surface area contributed by atoms with Gasteiger partial charge in [0.25, 0.3) is 0 Å². The molecule has 0 aliphatic carbocycles. The van der Waals surface area contributed by atoms with Gasteiger partial charge in [-0.05, 0) is 71.9 Å². The Kier molecular flexibility index (Phi) is 11.0. The number of esters is 1. The van der Waals surface area contributed by atoms with E-state index in [2.05, 4.69) is 38.0 Å². The number of piperidine rings is 1. The maximum atomic E-state index is 13.0. The number of hydrogen-bond acceptors (Lipinski definition) is 13. The molecular formula is C30H47N7O6S. The van der Waals surface area contributed by atoms with E-state index in [4.69, 9.17) is 19.4 Å². The molecule has 4 heterocycles. The van der Waals surface area contributed by atoms with Crippen molar-refractivity contribution in [2.24, 2.45) is 0 Å². The fourth-order valence-corrected chi connectivity index (χ4v) is 5.76. The van der Waals surface area contributed by atoms with E-state index in [0.717, 1.165) is 74.5 Å². The number of rotatable bonds is 12. The summed E-state index contributed by atoms with van der Waals surface area (Å²) in [5, 5.41) is 19.7. The number of sulfone groups is 1. The summed E-state index contributed by atoms with van der Waals surface area (Å²) in [7, 11) is -3.27. The summed E-state index contributed by atoms with van der Waals surface area (Å²) in [5.41, 5.74) is 2.52. The molecular weight excluding hydrogens is 586 g/mol. The van der Waals surface area contributed by atoms with Crippen LogP contribution in [0.5, 0.6) is 0 Å². The second-order valence-electron chi connectivity index (χ2n) is 12.6. The molecule has 2 atom stereocenters. The van der Waals surface area contributed by atoms with Gasteiger partial charge in [-0.15, -0.1) is 0 Å². The van der Waals surface area contributed by atoms with E-state index < -0.39 is 33.9 Å². The first-order valence-electron chi connectivity index (χ1n) is 15.2.